The molecule has 0 aromatic rings. The molecule has 11 heavy (non-hydrogen) atoms. The zero-order valence-corrected chi connectivity index (χ0v) is 7.91. The number of hydrogen-bond acceptors (Lipinski definition) is 1. The Morgan fingerprint density at radius 3 is 2.64 bits per heavy atom. The third kappa shape index (κ3) is 5.71. The Morgan fingerprint density at radius 1 is 1.55 bits per heavy atom. The highest BCUT2D eigenvalue weighted by atomic mass is 14.9. The molecule has 0 atom stereocenters. The molecule has 0 aliphatic rings. The maximum atomic E-state index is 3.91. The van der Waals surface area contributed by atoms with Crippen LogP contribution in [-0.4, -0.2) is 6.54 Å². The van der Waals surface area contributed by atoms with Gasteiger partial charge in [0, 0.05) is 12.2 Å². The van der Waals surface area contributed by atoms with Crippen molar-refractivity contribution < 1.29 is 0 Å². The van der Waals surface area contributed by atoms with Gasteiger partial charge in [-0.3, -0.25) is 0 Å². The quantitative estimate of drug-likeness (QED) is 0.599. The van der Waals surface area contributed by atoms with E-state index < -0.39 is 0 Å². The summed E-state index contributed by atoms with van der Waals surface area (Å²) in [4.78, 5) is 0. The standard InChI is InChI=1S/C10H19N/c1-5-7-10(4)11-8-9(3)6-2/h6,11H,4-5,7-8H2,1-3H3/b9-6-. The summed E-state index contributed by atoms with van der Waals surface area (Å²) >= 11 is 0. The summed E-state index contributed by atoms with van der Waals surface area (Å²) in [6.45, 7) is 11.2. The van der Waals surface area contributed by atoms with Gasteiger partial charge in [0.05, 0.1) is 0 Å². The van der Waals surface area contributed by atoms with E-state index in [9.17, 15) is 0 Å². The Labute approximate surface area is 70.2 Å². The monoisotopic (exact) mass is 153 g/mol. The van der Waals surface area contributed by atoms with Crippen LogP contribution < -0.4 is 5.32 Å². The molecule has 1 heteroatoms. The lowest BCUT2D eigenvalue weighted by Gasteiger charge is -2.07. The van der Waals surface area contributed by atoms with Crippen LogP contribution in [0.15, 0.2) is 23.9 Å². The van der Waals surface area contributed by atoms with Crippen LogP contribution in [0.3, 0.4) is 0 Å². The molecule has 0 aromatic heterocycles. The first-order valence-corrected chi connectivity index (χ1v) is 4.24. The molecule has 0 radical (unpaired) electrons. The van der Waals surface area contributed by atoms with E-state index in [-0.39, 0.29) is 0 Å². The van der Waals surface area contributed by atoms with Crippen molar-refractivity contribution in [2.24, 2.45) is 0 Å². The highest BCUT2D eigenvalue weighted by Crippen LogP contribution is 1.98. The van der Waals surface area contributed by atoms with Crippen molar-refractivity contribution in [3.8, 4) is 0 Å². The largest absolute Gasteiger partial charge is 0.385 e. The van der Waals surface area contributed by atoms with Crippen molar-refractivity contribution in [2.45, 2.75) is 33.6 Å². The van der Waals surface area contributed by atoms with Crippen LogP contribution in [-0.2, 0) is 0 Å². The van der Waals surface area contributed by atoms with Gasteiger partial charge in [0.15, 0.2) is 0 Å². The van der Waals surface area contributed by atoms with Gasteiger partial charge in [-0.1, -0.05) is 31.6 Å². The highest BCUT2D eigenvalue weighted by molar-refractivity contribution is 5.02. The van der Waals surface area contributed by atoms with Crippen LogP contribution in [0.4, 0.5) is 0 Å². The zero-order valence-electron chi connectivity index (χ0n) is 7.91. The maximum Gasteiger partial charge on any atom is 0.0354 e. The van der Waals surface area contributed by atoms with Crippen molar-refractivity contribution in [1.29, 1.82) is 0 Å². The predicted molar refractivity (Wildman–Crippen MR) is 51.5 cm³/mol. The van der Waals surface area contributed by atoms with E-state index in [0.29, 0.717) is 0 Å². The minimum atomic E-state index is 0.940. The Balaban J connectivity index is 3.46. The zero-order chi connectivity index (χ0) is 8.69. The summed E-state index contributed by atoms with van der Waals surface area (Å²) in [5.74, 6) is 0. The van der Waals surface area contributed by atoms with Gasteiger partial charge in [-0.05, 0) is 20.3 Å². The molecule has 0 rings (SSSR count). The summed E-state index contributed by atoms with van der Waals surface area (Å²) in [7, 11) is 0. The summed E-state index contributed by atoms with van der Waals surface area (Å²) in [5.41, 5.74) is 2.51. The third-order valence-corrected chi connectivity index (χ3v) is 1.66. The van der Waals surface area contributed by atoms with Crippen molar-refractivity contribution >= 4 is 0 Å². The van der Waals surface area contributed by atoms with Crippen LogP contribution in [0.2, 0.25) is 0 Å². The van der Waals surface area contributed by atoms with Crippen LogP contribution in [0.25, 0.3) is 0 Å². The average Bonchev–Trinajstić information content (AvgIpc) is 2.01. The number of allylic oxidation sites excluding steroid dienone is 2. The number of rotatable bonds is 5. The lowest BCUT2D eigenvalue weighted by molar-refractivity contribution is 0.774. The van der Waals surface area contributed by atoms with E-state index in [1.165, 1.54) is 12.0 Å². The molecule has 0 heterocycles. The molecule has 0 saturated heterocycles. The first-order chi connectivity index (χ1) is 5.20. The topological polar surface area (TPSA) is 12.0 Å². The Bertz CT molecular complexity index is 145. The van der Waals surface area contributed by atoms with Gasteiger partial charge in [-0.2, -0.15) is 0 Å². The van der Waals surface area contributed by atoms with Crippen LogP contribution in [0.5, 0.6) is 0 Å². The Kier molecular flexibility index (Phi) is 5.63. The maximum absolute atomic E-state index is 3.91. The summed E-state index contributed by atoms with van der Waals surface area (Å²) < 4.78 is 0. The molecule has 0 unspecified atom stereocenters. The molecule has 0 fully saturated rings. The SMILES string of the molecule is C=C(CCC)NC/C(C)=C\C. The van der Waals surface area contributed by atoms with E-state index in [4.69, 9.17) is 0 Å². The van der Waals surface area contributed by atoms with Gasteiger partial charge >= 0.3 is 0 Å². The van der Waals surface area contributed by atoms with Crippen molar-refractivity contribution in [1.82, 2.24) is 5.32 Å². The molecule has 1 N–H and O–H groups in total. The fourth-order valence-electron chi connectivity index (χ4n) is 0.757. The second kappa shape index (κ2) is 6.02. The highest BCUT2D eigenvalue weighted by Gasteiger charge is 1.90. The van der Waals surface area contributed by atoms with Gasteiger partial charge in [0.25, 0.3) is 0 Å². The second-order valence-corrected chi connectivity index (χ2v) is 2.84. The lowest BCUT2D eigenvalue weighted by Crippen LogP contribution is -2.14. The molecule has 0 amide bonds. The Hall–Kier alpha value is -0.720. The summed E-state index contributed by atoms with van der Waals surface area (Å²) in [6.07, 6.45) is 4.37. The first-order valence-electron chi connectivity index (χ1n) is 4.24. The minimum absolute atomic E-state index is 0.940. The summed E-state index contributed by atoms with van der Waals surface area (Å²) in [6, 6.07) is 0. The first kappa shape index (κ1) is 10.3. The normalized spacial score (nSPS) is 11.4. The molecule has 0 saturated carbocycles. The fourth-order valence-corrected chi connectivity index (χ4v) is 0.757. The summed E-state index contributed by atoms with van der Waals surface area (Å²) in [5, 5.41) is 3.27. The van der Waals surface area contributed by atoms with Gasteiger partial charge < -0.3 is 5.32 Å². The van der Waals surface area contributed by atoms with Gasteiger partial charge in [0.2, 0.25) is 0 Å². The molecular weight excluding hydrogens is 134 g/mol. The molecule has 0 aliphatic heterocycles. The molecule has 64 valence electrons. The molecular formula is C10H19N. The van der Waals surface area contributed by atoms with E-state index in [1.54, 1.807) is 0 Å². The number of hydrogen-bond donors (Lipinski definition) is 1. The molecule has 0 bridgehead atoms. The number of nitrogens with one attached hydrogen (secondary N) is 1. The van der Waals surface area contributed by atoms with Crippen LogP contribution in [0.1, 0.15) is 33.6 Å². The van der Waals surface area contributed by atoms with Crippen molar-refractivity contribution in [2.75, 3.05) is 6.54 Å². The molecule has 0 spiro atoms. The van der Waals surface area contributed by atoms with E-state index in [0.717, 1.165) is 18.7 Å². The van der Waals surface area contributed by atoms with Crippen molar-refractivity contribution in [3.05, 3.63) is 23.9 Å². The lowest BCUT2D eigenvalue weighted by atomic mass is 10.2. The van der Waals surface area contributed by atoms with Crippen LogP contribution in [0, 0.1) is 0 Å². The molecule has 0 aliphatic carbocycles. The van der Waals surface area contributed by atoms with Crippen molar-refractivity contribution in [3.63, 3.8) is 0 Å². The Morgan fingerprint density at radius 2 is 2.18 bits per heavy atom. The smallest absolute Gasteiger partial charge is 0.0354 e. The van der Waals surface area contributed by atoms with Gasteiger partial charge in [-0.15, -0.1) is 0 Å². The third-order valence-electron chi connectivity index (χ3n) is 1.66. The fraction of sp³-hybridized carbons (Fsp3) is 0.600. The van der Waals surface area contributed by atoms with Crippen LogP contribution >= 0.6 is 0 Å². The average molecular weight is 153 g/mol. The predicted octanol–water partition coefficient (Wildman–Crippen LogP) is 2.86. The molecule has 1 nitrogen and oxygen atoms in total. The second-order valence-electron chi connectivity index (χ2n) is 2.84. The minimum Gasteiger partial charge on any atom is -0.385 e. The van der Waals surface area contributed by atoms with E-state index in [1.807, 2.05) is 0 Å². The van der Waals surface area contributed by atoms with E-state index >= 15 is 0 Å². The molecule has 0 aromatic carbocycles. The van der Waals surface area contributed by atoms with Gasteiger partial charge in [-0.25, -0.2) is 0 Å². The van der Waals surface area contributed by atoms with Gasteiger partial charge in [0.1, 0.15) is 0 Å². The van der Waals surface area contributed by atoms with E-state index in [2.05, 4.69) is 38.7 Å².